The predicted octanol–water partition coefficient (Wildman–Crippen LogP) is 1.81. The Morgan fingerprint density at radius 2 is 1.52 bits per heavy atom. The van der Waals surface area contributed by atoms with E-state index in [1.54, 1.807) is 13.1 Å². The summed E-state index contributed by atoms with van der Waals surface area (Å²) in [6.45, 7) is 3.75. The van der Waals surface area contributed by atoms with Crippen molar-refractivity contribution in [2.24, 2.45) is 0 Å². The van der Waals surface area contributed by atoms with Gasteiger partial charge in [0, 0.05) is 5.69 Å². The molecule has 0 aromatic heterocycles. The van der Waals surface area contributed by atoms with Crippen LogP contribution in [-0.4, -0.2) is 32.0 Å². The van der Waals surface area contributed by atoms with Gasteiger partial charge in [-0.2, -0.15) is 0 Å². The van der Waals surface area contributed by atoms with Gasteiger partial charge in [-0.15, -0.1) is 0 Å². The van der Waals surface area contributed by atoms with Gasteiger partial charge in [-0.25, -0.2) is 13.2 Å². The fraction of sp³-hybridized carbons (Fsp3) is 0.263. The quantitative estimate of drug-likeness (QED) is 0.670. The maximum Gasteiger partial charge on any atom is 0.279 e. The number of anilines is 2. The Labute approximate surface area is 155 Å². The van der Waals surface area contributed by atoms with Crippen molar-refractivity contribution in [2.45, 2.75) is 13.8 Å². The number of nitrogens with one attached hydrogen (secondary N) is 3. The number of halogens is 3. The maximum atomic E-state index is 13.6. The molecule has 0 bridgehead atoms. The standard InChI is InChI=1S/C19H20F3N3O2/c1-11-4-5-13(8-12(11)2)23-16(26)9-25(3)10-17(27)24-15-7-6-14(20)18(21)19(15)22/h4-8H,9-10H2,1-3H3,(H,23,26)(H,24,27)/p+1. The third-order valence-corrected chi connectivity index (χ3v) is 4.02. The molecule has 0 saturated heterocycles. The fourth-order valence-electron chi connectivity index (χ4n) is 2.45. The van der Waals surface area contributed by atoms with E-state index in [0.29, 0.717) is 10.6 Å². The van der Waals surface area contributed by atoms with Crippen LogP contribution in [0, 0.1) is 31.3 Å². The second-order valence-electron chi connectivity index (χ2n) is 6.43. The molecule has 0 fully saturated rings. The summed E-state index contributed by atoms with van der Waals surface area (Å²) in [5.74, 6) is -5.37. The average Bonchev–Trinajstić information content (AvgIpc) is 2.58. The van der Waals surface area contributed by atoms with Crippen LogP contribution in [0.15, 0.2) is 30.3 Å². The summed E-state index contributed by atoms with van der Waals surface area (Å²) < 4.78 is 39.7. The lowest BCUT2D eigenvalue weighted by Crippen LogP contribution is -3.11. The van der Waals surface area contributed by atoms with Gasteiger partial charge in [0.15, 0.2) is 30.5 Å². The van der Waals surface area contributed by atoms with Gasteiger partial charge in [0.25, 0.3) is 11.8 Å². The number of carbonyl (C=O) groups is 2. The normalized spacial score (nSPS) is 11.8. The van der Waals surface area contributed by atoms with E-state index in [0.717, 1.165) is 23.3 Å². The van der Waals surface area contributed by atoms with Crippen molar-refractivity contribution in [3.8, 4) is 0 Å². The van der Waals surface area contributed by atoms with Crippen molar-refractivity contribution in [1.82, 2.24) is 0 Å². The van der Waals surface area contributed by atoms with E-state index in [1.165, 1.54) is 0 Å². The molecule has 0 heterocycles. The summed E-state index contributed by atoms with van der Waals surface area (Å²) in [5, 5.41) is 4.92. The zero-order valence-corrected chi connectivity index (χ0v) is 15.3. The summed E-state index contributed by atoms with van der Waals surface area (Å²) in [7, 11) is 1.61. The highest BCUT2D eigenvalue weighted by Crippen LogP contribution is 2.19. The van der Waals surface area contributed by atoms with Crippen molar-refractivity contribution in [1.29, 1.82) is 0 Å². The molecule has 0 aliphatic rings. The lowest BCUT2D eigenvalue weighted by Gasteiger charge is -2.14. The van der Waals surface area contributed by atoms with Gasteiger partial charge in [-0.05, 0) is 49.2 Å². The summed E-state index contributed by atoms with van der Waals surface area (Å²) in [4.78, 5) is 24.6. The summed E-state index contributed by atoms with van der Waals surface area (Å²) in [6, 6.07) is 7.19. The van der Waals surface area contributed by atoms with Crippen molar-refractivity contribution in [2.75, 3.05) is 30.8 Å². The molecular weight excluding hydrogens is 359 g/mol. The van der Waals surface area contributed by atoms with Gasteiger partial charge in [-0.3, -0.25) is 9.59 Å². The Balaban J connectivity index is 1.88. The van der Waals surface area contributed by atoms with Crippen LogP contribution in [0.3, 0.4) is 0 Å². The zero-order valence-electron chi connectivity index (χ0n) is 15.3. The lowest BCUT2D eigenvalue weighted by atomic mass is 10.1. The van der Waals surface area contributed by atoms with Crippen LogP contribution in [-0.2, 0) is 9.59 Å². The molecule has 2 amide bonds. The van der Waals surface area contributed by atoms with E-state index in [1.807, 2.05) is 26.0 Å². The van der Waals surface area contributed by atoms with E-state index in [2.05, 4.69) is 10.6 Å². The number of likely N-dealkylation sites (N-methyl/N-ethyl adjacent to an activating group) is 1. The minimum absolute atomic E-state index is 0.000600. The van der Waals surface area contributed by atoms with E-state index < -0.39 is 29.0 Å². The molecule has 3 N–H and O–H groups in total. The second kappa shape index (κ2) is 8.68. The first-order chi connectivity index (χ1) is 12.7. The largest absolute Gasteiger partial charge is 0.322 e. The van der Waals surface area contributed by atoms with Crippen molar-refractivity contribution in [3.05, 3.63) is 58.9 Å². The van der Waals surface area contributed by atoms with Crippen LogP contribution >= 0.6 is 0 Å². The Kier molecular flexibility index (Phi) is 6.57. The van der Waals surface area contributed by atoms with Gasteiger partial charge < -0.3 is 15.5 Å². The molecule has 0 saturated carbocycles. The van der Waals surface area contributed by atoms with Gasteiger partial charge in [0.2, 0.25) is 0 Å². The minimum atomic E-state index is -1.65. The molecule has 27 heavy (non-hydrogen) atoms. The maximum absolute atomic E-state index is 13.6. The molecule has 2 aromatic carbocycles. The van der Waals surface area contributed by atoms with E-state index >= 15 is 0 Å². The Bertz CT molecular complexity index is 872. The van der Waals surface area contributed by atoms with Crippen LogP contribution in [0.25, 0.3) is 0 Å². The molecule has 144 valence electrons. The van der Waals surface area contributed by atoms with Gasteiger partial charge in [-0.1, -0.05) is 6.07 Å². The fourth-order valence-corrected chi connectivity index (χ4v) is 2.45. The number of aryl methyl sites for hydroxylation is 2. The lowest BCUT2D eigenvalue weighted by molar-refractivity contribution is -0.862. The van der Waals surface area contributed by atoms with E-state index in [4.69, 9.17) is 0 Å². The van der Waals surface area contributed by atoms with Crippen molar-refractivity contribution in [3.63, 3.8) is 0 Å². The minimum Gasteiger partial charge on any atom is -0.322 e. The average molecular weight is 380 g/mol. The molecule has 0 aliphatic carbocycles. The highest BCUT2D eigenvalue weighted by atomic mass is 19.2. The van der Waals surface area contributed by atoms with Crippen LogP contribution in [0.5, 0.6) is 0 Å². The first kappa shape index (κ1) is 20.4. The molecule has 5 nitrogen and oxygen atoms in total. The number of hydrogen-bond donors (Lipinski definition) is 3. The number of rotatable bonds is 6. The van der Waals surface area contributed by atoms with Crippen molar-refractivity contribution < 1.29 is 27.7 Å². The SMILES string of the molecule is Cc1ccc(NC(=O)C[NH+](C)CC(=O)Nc2ccc(F)c(F)c2F)cc1C. The molecule has 0 spiro atoms. The predicted molar refractivity (Wildman–Crippen MR) is 96.1 cm³/mol. The van der Waals surface area contributed by atoms with Gasteiger partial charge in [0.05, 0.1) is 12.7 Å². The molecule has 8 heteroatoms. The third-order valence-electron chi connectivity index (χ3n) is 4.02. The summed E-state index contributed by atoms with van der Waals surface area (Å²) in [6.07, 6.45) is 0. The Morgan fingerprint density at radius 1 is 0.889 bits per heavy atom. The summed E-state index contributed by atoms with van der Waals surface area (Å²) in [5.41, 5.74) is 2.36. The molecule has 1 atom stereocenters. The molecule has 2 rings (SSSR count). The van der Waals surface area contributed by atoms with E-state index in [9.17, 15) is 22.8 Å². The zero-order chi connectivity index (χ0) is 20.1. The molecule has 0 aliphatic heterocycles. The molecule has 0 radical (unpaired) electrons. The number of amides is 2. The van der Waals surface area contributed by atoms with Gasteiger partial charge in [0.1, 0.15) is 0 Å². The molecular formula is C19H21F3N3O2+. The Morgan fingerprint density at radius 3 is 2.15 bits per heavy atom. The number of carbonyl (C=O) groups excluding carboxylic acids is 2. The Hall–Kier alpha value is -2.87. The van der Waals surface area contributed by atoms with Crippen LogP contribution < -0.4 is 15.5 Å². The smallest absolute Gasteiger partial charge is 0.279 e. The van der Waals surface area contributed by atoms with Crippen LogP contribution in [0.2, 0.25) is 0 Å². The molecule has 2 aromatic rings. The van der Waals surface area contributed by atoms with E-state index in [-0.39, 0.29) is 19.0 Å². The highest BCUT2D eigenvalue weighted by Gasteiger charge is 2.18. The number of benzene rings is 2. The number of quaternary nitrogens is 1. The topological polar surface area (TPSA) is 62.6 Å². The number of hydrogen-bond acceptors (Lipinski definition) is 2. The highest BCUT2D eigenvalue weighted by molar-refractivity contribution is 5.93. The monoisotopic (exact) mass is 380 g/mol. The van der Waals surface area contributed by atoms with Crippen molar-refractivity contribution >= 4 is 23.2 Å². The first-order valence-corrected chi connectivity index (χ1v) is 8.29. The first-order valence-electron chi connectivity index (χ1n) is 8.29. The van der Waals surface area contributed by atoms with Crippen LogP contribution in [0.4, 0.5) is 24.5 Å². The third kappa shape index (κ3) is 5.55. The van der Waals surface area contributed by atoms with Crippen LogP contribution in [0.1, 0.15) is 11.1 Å². The van der Waals surface area contributed by atoms with Gasteiger partial charge >= 0.3 is 0 Å². The summed E-state index contributed by atoms with van der Waals surface area (Å²) >= 11 is 0. The second-order valence-corrected chi connectivity index (χ2v) is 6.43. The molecule has 1 unspecified atom stereocenters.